The Kier molecular flexibility index (Phi) is 5.36. The minimum Gasteiger partial charge on any atom is -0.454 e. The summed E-state index contributed by atoms with van der Waals surface area (Å²) in [6, 6.07) is 11.2. The lowest BCUT2D eigenvalue weighted by Gasteiger charge is -2.13. The molecule has 1 unspecified atom stereocenters. The van der Waals surface area contributed by atoms with Crippen LogP contribution in [0.3, 0.4) is 0 Å². The molecule has 3 rings (SSSR count). The molecule has 2 aromatic rings. The van der Waals surface area contributed by atoms with Crippen LogP contribution in [0, 0.1) is 0 Å². The molecule has 26 heavy (non-hydrogen) atoms. The molecule has 7 heteroatoms. The van der Waals surface area contributed by atoms with Gasteiger partial charge in [0.1, 0.15) is 5.75 Å². The van der Waals surface area contributed by atoms with Gasteiger partial charge >= 0.3 is 6.61 Å². The molecule has 1 N–H and O–H groups in total. The van der Waals surface area contributed by atoms with E-state index < -0.39 is 6.61 Å². The molecule has 0 spiro atoms. The molecular formula is C19H17F2NO4. The van der Waals surface area contributed by atoms with Gasteiger partial charge in [-0.2, -0.15) is 8.78 Å². The standard InChI is InChI=1S/C19H17F2NO4/c1-12(14-4-6-15(7-5-14)26-19(20)21)22-18(23)9-3-13-2-8-16-17(10-13)25-11-24-16/h2-10,12,19H,11H2,1H3,(H,22,23)/b9-3+. The predicted octanol–water partition coefficient (Wildman–Crippen LogP) is 3.91. The molecule has 1 atom stereocenters. The quantitative estimate of drug-likeness (QED) is 0.793. The molecule has 0 saturated heterocycles. The Morgan fingerprint density at radius 1 is 1.15 bits per heavy atom. The lowest BCUT2D eigenvalue weighted by Crippen LogP contribution is -2.24. The molecule has 5 nitrogen and oxygen atoms in total. The minimum absolute atomic E-state index is 0.0741. The van der Waals surface area contributed by atoms with Gasteiger partial charge in [0, 0.05) is 6.08 Å². The smallest absolute Gasteiger partial charge is 0.387 e. The van der Waals surface area contributed by atoms with Gasteiger partial charge in [-0.3, -0.25) is 4.79 Å². The van der Waals surface area contributed by atoms with Crippen molar-refractivity contribution in [3.63, 3.8) is 0 Å². The fraction of sp³-hybridized carbons (Fsp3) is 0.211. The first-order valence-corrected chi connectivity index (χ1v) is 7.94. The van der Waals surface area contributed by atoms with E-state index in [-0.39, 0.29) is 24.5 Å². The van der Waals surface area contributed by atoms with E-state index in [1.807, 2.05) is 6.07 Å². The van der Waals surface area contributed by atoms with Gasteiger partial charge in [0.15, 0.2) is 11.5 Å². The molecule has 0 radical (unpaired) electrons. The van der Waals surface area contributed by atoms with Crippen LogP contribution in [0.25, 0.3) is 6.08 Å². The van der Waals surface area contributed by atoms with Crippen molar-refractivity contribution >= 4 is 12.0 Å². The predicted molar refractivity (Wildman–Crippen MR) is 91.2 cm³/mol. The maximum atomic E-state index is 12.1. The van der Waals surface area contributed by atoms with E-state index in [1.165, 1.54) is 18.2 Å². The number of alkyl halides is 2. The molecule has 0 fully saturated rings. The van der Waals surface area contributed by atoms with E-state index in [4.69, 9.17) is 9.47 Å². The first-order valence-electron chi connectivity index (χ1n) is 7.94. The minimum atomic E-state index is -2.86. The second kappa shape index (κ2) is 7.86. The highest BCUT2D eigenvalue weighted by Gasteiger charge is 2.13. The molecule has 1 aliphatic heterocycles. The highest BCUT2D eigenvalue weighted by Crippen LogP contribution is 2.32. The lowest BCUT2D eigenvalue weighted by atomic mass is 10.1. The number of fused-ring (bicyclic) bond motifs is 1. The molecule has 0 bridgehead atoms. The third kappa shape index (κ3) is 4.50. The zero-order valence-electron chi connectivity index (χ0n) is 13.9. The number of rotatable bonds is 6. The Morgan fingerprint density at radius 2 is 1.88 bits per heavy atom. The van der Waals surface area contributed by atoms with Crippen molar-refractivity contribution in [2.75, 3.05) is 6.79 Å². The summed E-state index contributed by atoms with van der Waals surface area (Å²) in [6.07, 6.45) is 3.09. The van der Waals surface area contributed by atoms with E-state index in [0.717, 1.165) is 11.1 Å². The zero-order chi connectivity index (χ0) is 18.5. The van der Waals surface area contributed by atoms with E-state index in [9.17, 15) is 13.6 Å². The number of nitrogens with one attached hydrogen (secondary N) is 1. The Morgan fingerprint density at radius 3 is 2.62 bits per heavy atom. The van der Waals surface area contributed by atoms with Crippen LogP contribution >= 0.6 is 0 Å². The van der Waals surface area contributed by atoms with Gasteiger partial charge < -0.3 is 19.5 Å². The highest BCUT2D eigenvalue weighted by molar-refractivity contribution is 5.92. The Labute approximate surface area is 149 Å². The van der Waals surface area contributed by atoms with Crippen molar-refractivity contribution in [1.29, 1.82) is 0 Å². The summed E-state index contributed by atoms with van der Waals surface area (Å²) in [4.78, 5) is 12.1. The van der Waals surface area contributed by atoms with Gasteiger partial charge in [-0.05, 0) is 48.4 Å². The average Bonchev–Trinajstić information content (AvgIpc) is 3.07. The molecule has 1 amide bonds. The molecule has 1 aliphatic rings. The summed E-state index contributed by atoms with van der Waals surface area (Å²) in [5.41, 5.74) is 1.59. The number of carbonyl (C=O) groups excluding carboxylic acids is 1. The first-order chi connectivity index (χ1) is 12.5. The van der Waals surface area contributed by atoms with Crippen LogP contribution in [0.15, 0.2) is 48.5 Å². The van der Waals surface area contributed by atoms with Gasteiger partial charge in [0.25, 0.3) is 0 Å². The number of hydrogen-bond donors (Lipinski definition) is 1. The number of hydrogen-bond acceptors (Lipinski definition) is 4. The molecule has 2 aromatic carbocycles. The second-order valence-corrected chi connectivity index (χ2v) is 5.62. The molecule has 0 aliphatic carbocycles. The monoisotopic (exact) mass is 361 g/mol. The molecule has 0 saturated carbocycles. The number of carbonyl (C=O) groups is 1. The van der Waals surface area contributed by atoms with Crippen LogP contribution in [-0.4, -0.2) is 19.3 Å². The van der Waals surface area contributed by atoms with Crippen molar-refractivity contribution in [1.82, 2.24) is 5.32 Å². The van der Waals surface area contributed by atoms with Crippen LogP contribution in [0.4, 0.5) is 8.78 Å². The van der Waals surface area contributed by atoms with Gasteiger partial charge in [-0.15, -0.1) is 0 Å². The van der Waals surface area contributed by atoms with Crippen molar-refractivity contribution in [3.05, 3.63) is 59.7 Å². The fourth-order valence-corrected chi connectivity index (χ4v) is 2.47. The topological polar surface area (TPSA) is 56.8 Å². The van der Waals surface area contributed by atoms with Gasteiger partial charge in [-0.25, -0.2) is 0 Å². The van der Waals surface area contributed by atoms with Crippen molar-refractivity contribution in [3.8, 4) is 17.2 Å². The maximum absolute atomic E-state index is 12.1. The summed E-state index contributed by atoms with van der Waals surface area (Å²) in [6.45, 7) is -0.865. The molecule has 0 aromatic heterocycles. The van der Waals surface area contributed by atoms with Crippen LogP contribution in [-0.2, 0) is 4.79 Å². The van der Waals surface area contributed by atoms with E-state index in [0.29, 0.717) is 11.5 Å². The van der Waals surface area contributed by atoms with Gasteiger partial charge in [0.05, 0.1) is 6.04 Å². The Hall–Kier alpha value is -3.09. The number of halogens is 2. The summed E-state index contributed by atoms with van der Waals surface area (Å²) < 4.78 is 39.1. The molecule has 136 valence electrons. The maximum Gasteiger partial charge on any atom is 0.387 e. The van der Waals surface area contributed by atoms with Crippen LogP contribution < -0.4 is 19.5 Å². The normalized spacial score (nSPS) is 13.8. The van der Waals surface area contributed by atoms with Crippen molar-refractivity contribution in [2.45, 2.75) is 19.6 Å². The highest BCUT2D eigenvalue weighted by atomic mass is 19.3. The van der Waals surface area contributed by atoms with E-state index in [1.54, 1.807) is 37.3 Å². The number of benzene rings is 2. The summed E-state index contributed by atoms with van der Waals surface area (Å²) in [7, 11) is 0. The lowest BCUT2D eigenvalue weighted by molar-refractivity contribution is -0.117. The van der Waals surface area contributed by atoms with Crippen molar-refractivity contribution < 1.29 is 27.8 Å². The van der Waals surface area contributed by atoms with Crippen molar-refractivity contribution in [2.24, 2.45) is 0 Å². The third-order valence-electron chi connectivity index (χ3n) is 3.79. The van der Waals surface area contributed by atoms with Crippen LogP contribution in [0.1, 0.15) is 24.1 Å². The first kappa shape index (κ1) is 17.7. The SMILES string of the molecule is CC(NC(=O)/C=C/c1ccc2c(c1)OCO2)c1ccc(OC(F)F)cc1. The van der Waals surface area contributed by atoms with Crippen LogP contribution in [0.5, 0.6) is 17.2 Å². The summed E-state index contributed by atoms with van der Waals surface area (Å²) >= 11 is 0. The van der Waals surface area contributed by atoms with Gasteiger partial charge in [-0.1, -0.05) is 18.2 Å². The summed E-state index contributed by atoms with van der Waals surface area (Å²) in [5.74, 6) is 1.12. The third-order valence-corrected chi connectivity index (χ3v) is 3.79. The average molecular weight is 361 g/mol. The van der Waals surface area contributed by atoms with E-state index in [2.05, 4.69) is 10.1 Å². The number of amides is 1. The molecular weight excluding hydrogens is 344 g/mol. The van der Waals surface area contributed by atoms with Gasteiger partial charge in [0.2, 0.25) is 12.7 Å². The molecule has 1 heterocycles. The largest absolute Gasteiger partial charge is 0.454 e. The van der Waals surface area contributed by atoms with E-state index >= 15 is 0 Å². The summed E-state index contributed by atoms with van der Waals surface area (Å²) in [5, 5.41) is 2.81. The Balaban J connectivity index is 1.57. The second-order valence-electron chi connectivity index (χ2n) is 5.62. The van der Waals surface area contributed by atoms with Crippen LogP contribution in [0.2, 0.25) is 0 Å². The number of ether oxygens (including phenoxy) is 3. The zero-order valence-corrected chi connectivity index (χ0v) is 13.9. The fourth-order valence-electron chi connectivity index (χ4n) is 2.47. The Bertz CT molecular complexity index is 806.